The summed E-state index contributed by atoms with van der Waals surface area (Å²) in [7, 11) is 0. The van der Waals surface area contributed by atoms with E-state index in [1.165, 1.54) is 29.8 Å². The average Bonchev–Trinajstić information content (AvgIpc) is 2.48. The molecule has 1 aliphatic rings. The lowest BCUT2D eigenvalue weighted by Crippen LogP contribution is -2.37. The predicted octanol–water partition coefficient (Wildman–Crippen LogP) is 4.52. The van der Waals surface area contributed by atoms with Crippen molar-refractivity contribution in [2.45, 2.75) is 26.8 Å². The smallest absolute Gasteiger partial charge is 0.0429 e. The molecule has 0 saturated carbocycles. The minimum atomic E-state index is 0.738. The van der Waals surface area contributed by atoms with E-state index in [2.05, 4.69) is 73.3 Å². The number of hydrogen-bond donors (Lipinski definition) is 0. The third-order valence-electron chi connectivity index (χ3n) is 4.43. The Morgan fingerprint density at radius 2 is 1.70 bits per heavy atom. The lowest BCUT2D eigenvalue weighted by molar-refractivity contribution is 0.368. The molecule has 0 N–H and O–H groups in total. The first-order valence-corrected chi connectivity index (χ1v) is 7.61. The molecule has 0 aromatic heterocycles. The molecule has 0 fully saturated rings. The molecule has 0 radical (unpaired) electrons. The van der Waals surface area contributed by atoms with E-state index in [0.29, 0.717) is 0 Å². The van der Waals surface area contributed by atoms with Crippen LogP contribution in [-0.2, 0) is 13.0 Å². The van der Waals surface area contributed by atoms with Crippen LogP contribution in [0, 0.1) is 11.8 Å². The van der Waals surface area contributed by atoms with Gasteiger partial charge < -0.3 is 4.90 Å². The van der Waals surface area contributed by atoms with Gasteiger partial charge in [-0.3, -0.25) is 0 Å². The van der Waals surface area contributed by atoms with Crippen LogP contribution in [0.1, 0.15) is 25.0 Å². The van der Waals surface area contributed by atoms with Gasteiger partial charge >= 0.3 is 0 Å². The maximum absolute atomic E-state index is 2.55. The Hall–Kier alpha value is -1.76. The van der Waals surface area contributed by atoms with Gasteiger partial charge in [0.2, 0.25) is 0 Å². The zero-order valence-electron chi connectivity index (χ0n) is 12.4. The van der Waals surface area contributed by atoms with E-state index in [1.807, 2.05) is 0 Å². The van der Waals surface area contributed by atoms with E-state index < -0.39 is 0 Å². The lowest BCUT2D eigenvalue weighted by atomic mass is 9.84. The molecule has 0 saturated heterocycles. The number of para-hydroxylation sites is 1. The van der Waals surface area contributed by atoms with Crippen LogP contribution >= 0.6 is 0 Å². The fourth-order valence-electron chi connectivity index (χ4n) is 3.12. The monoisotopic (exact) mass is 265 g/mol. The van der Waals surface area contributed by atoms with Gasteiger partial charge in [-0.05, 0) is 35.4 Å². The van der Waals surface area contributed by atoms with E-state index in [-0.39, 0.29) is 0 Å². The van der Waals surface area contributed by atoms with Crippen molar-refractivity contribution in [1.29, 1.82) is 0 Å². The van der Waals surface area contributed by atoms with Crippen molar-refractivity contribution in [2.24, 2.45) is 11.8 Å². The van der Waals surface area contributed by atoms with Crippen molar-refractivity contribution in [2.75, 3.05) is 11.4 Å². The summed E-state index contributed by atoms with van der Waals surface area (Å²) in [5, 5.41) is 0. The standard InChI is InChI=1S/C19H23N/c1-15(2)18-12-17-10-6-7-11-19(17)20(14-18)13-16-8-4-3-5-9-16/h3-11,15,18H,12-14H2,1-2H3. The molecule has 2 aromatic carbocycles. The molecule has 0 aliphatic carbocycles. The molecule has 0 bridgehead atoms. The summed E-state index contributed by atoms with van der Waals surface area (Å²) in [4.78, 5) is 2.55. The van der Waals surface area contributed by atoms with Crippen molar-refractivity contribution < 1.29 is 0 Å². The zero-order valence-corrected chi connectivity index (χ0v) is 12.4. The molecule has 20 heavy (non-hydrogen) atoms. The van der Waals surface area contributed by atoms with Crippen molar-refractivity contribution in [3.63, 3.8) is 0 Å². The molecule has 1 heteroatoms. The van der Waals surface area contributed by atoms with Crippen molar-refractivity contribution >= 4 is 5.69 Å². The van der Waals surface area contributed by atoms with Crippen molar-refractivity contribution in [1.82, 2.24) is 0 Å². The second-order valence-electron chi connectivity index (χ2n) is 6.20. The van der Waals surface area contributed by atoms with E-state index in [4.69, 9.17) is 0 Å². The average molecular weight is 265 g/mol. The fraction of sp³-hybridized carbons (Fsp3) is 0.368. The van der Waals surface area contributed by atoms with Crippen molar-refractivity contribution in [3.8, 4) is 0 Å². The number of anilines is 1. The highest BCUT2D eigenvalue weighted by atomic mass is 15.1. The molecule has 2 aromatic rings. The van der Waals surface area contributed by atoms with Gasteiger partial charge in [-0.15, -0.1) is 0 Å². The first-order chi connectivity index (χ1) is 9.74. The summed E-state index contributed by atoms with van der Waals surface area (Å²) in [6.07, 6.45) is 1.22. The van der Waals surface area contributed by atoms with Gasteiger partial charge in [0.15, 0.2) is 0 Å². The quantitative estimate of drug-likeness (QED) is 0.788. The molecule has 0 spiro atoms. The van der Waals surface area contributed by atoms with Gasteiger partial charge in [0, 0.05) is 18.8 Å². The number of benzene rings is 2. The fourth-order valence-corrected chi connectivity index (χ4v) is 3.12. The van der Waals surface area contributed by atoms with E-state index >= 15 is 0 Å². The van der Waals surface area contributed by atoms with E-state index in [0.717, 1.165) is 18.4 Å². The summed E-state index contributed by atoms with van der Waals surface area (Å²) < 4.78 is 0. The number of fused-ring (bicyclic) bond motifs is 1. The van der Waals surface area contributed by atoms with E-state index in [9.17, 15) is 0 Å². The minimum absolute atomic E-state index is 0.738. The van der Waals surface area contributed by atoms with Gasteiger partial charge in [0.25, 0.3) is 0 Å². The van der Waals surface area contributed by atoms with Crippen LogP contribution in [0.15, 0.2) is 54.6 Å². The Morgan fingerprint density at radius 3 is 2.45 bits per heavy atom. The Kier molecular flexibility index (Phi) is 3.77. The Labute approximate surface area is 122 Å². The van der Waals surface area contributed by atoms with Gasteiger partial charge in [-0.2, -0.15) is 0 Å². The summed E-state index contributed by atoms with van der Waals surface area (Å²) in [6, 6.07) is 19.7. The van der Waals surface area contributed by atoms with Crippen LogP contribution < -0.4 is 4.90 Å². The number of rotatable bonds is 3. The van der Waals surface area contributed by atoms with Crippen molar-refractivity contribution in [3.05, 3.63) is 65.7 Å². The Balaban J connectivity index is 1.89. The Bertz CT molecular complexity index is 559. The molecule has 1 unspecified atom stereocenters. The third kappa shape index (κ3) is 2.72. The topological polar surface area (TPSA) is 3.24 Å². The summed E-state index contributed by atoms with van der Waals surface area (Å²) in [6.45, 7) is 6.88. The molecular weight excluding hydrogens is 242 g/mol. The third-order valence-corrected chi connectivity index (χ3v) is 4.43. The van der Waals surface area contributed by atoms with Gasteiger partial charge in [0.05, 0.1) is 0 Å². The molecule has 104 valence electrons. The summed E-state index contributed by atoms with van der Waals surface area (Å²) >= 11 is 0. The van der Waals surface area contributed by atoms with Gasteiger partial charge in [-0.1, -0.05) is 62.4 Å². The summed E-state index contributed by atoms with van der Waals surface area (Å²) in [5.74, 6) is 1.50. The SMILES string of the molecule is CC(C)C1Cc2ccccc2N(Cc2ccccc2)C1. The molecule has 3 rings (SSSR count). The second kappa shape index (κ2) is 5.70. The second-order valence-corrected chi connectivity index (χ2v) is 6.20. The van der Waals surface area contributed by atoms with Crippen LogP contribution in [0.4, 0.5) is 5.69 Å². The van der Waals surface area contributed by atoms with Crippen LogP contribution in [0.25, 0.3) is 0 Å². The largest absolute Gasteiger partial charge is 0.367 e. The molecule has 0 amide bonds. The molecule has 1 heterocycles. The molecule has 1 aliphatic heterocycles. The first kappa shape index (κ1) is 13.2. The highest BCUT2D eigenvalue weighted by Crippen LogP contribution is 2.33. The highest BCUT2D eigenvalue weighted by Gasteiger charge is 2.25. The number of nitrogens with zero attached hydrogens (tertiary/aromatic N) is 1. The first-order valence-electron chi connectivity index (χ1n) is 7.61. The Morgan fingerprint density at radius 1 is 1.00 bits per heavy atom. The van der Waals surface area contributed by atoms with E-state index in [1.54, 1.807) is 0 Å². The minimum Gasteiger partial charge on any atom is -0.367 e. The van der Waals surface area contributed by atoms with Gasteiger partial charge in [-0.25, -0.2) is 0 Å². The maximum atomic E-state index is 2.55. The van der Waals surface area contributed by atoms with Crippen LogP contribution in [-0.4, -0.2) is 6.54 Å². The normalized spacial score (nSPS) is 18.1. The van der Waals surface area contributed by atoms with Crippen LogP contribution in [0.2, 0.25) is 0 Å². The highest BCUT2D eigenvalue weighted by molar-refractivity contribution is 5.56. The molecule has 1 atom stereocenters. The predicted molar refractivity (Wildman–Crippen MR) is 86.0 cm³/mol. The molecular formula is C19H23N. The number of hydrogen-bond acceptors (Lipinski definition) is 1. The van der Waals surface area contributed by atoms with Gasteiger partial charge in [0.1, 0.15) is 0 Å². The maximum Gasteiger partial charge on any atom is 0.0429 e. The van der Waals surface area contributed by atoms with Crippen LogP contribution in [0.5, 0.6) is 0 Å². The van der Waals surface area contributed by atoms with Crippen LogP contribution in [0.3, 0.4) is 0 Å². The lowest BCUT2D eigenvalue weighted by Gasteiger charge is -2.38. The summed E-state index contributed by atoms with van der Waals surface area (Å²) in [5.41, 5.74) is 4.33. The molecule has 1 nitrogen and oxygen atoms in total. The zero-order chi connectivity index (χ0) is 13.9.